The summed E-state index contributed by atoms with van der Waals surface area (Å²) in [6, 6.07) is 12.8. The first-order valence-corrected chi connectivity index (χ1v) is 15.5. The number of likely N-dealkylation sites (tertiary alicyclic amines) is 1. The molecule has 3 heterocycles. The number of fused-ring (bicyclic) bond motifs is 1. The number of ether oxygens (including phenoxy) is 3. The van der Waals surface area contributed by atoms with Gasteiger partial charge in [0.25, 0.3) is 6.43 Å². The second-order valence-corrected chi connectivity index (χ2v) is 13.1. The van der Waals surface area contributed by atoms with Crippen LogP contribution in [0.25, 0.3) is 10.9 Å². The first kappa shape index (κ1) is 31.7. The Kier molecular flexibility index (Phi) is 9.13. The van der Waals surface area contributed by atoms with Gasteiger partial charge in [0.15, 0.2) is 0 Å². The van der Waals surface area contributed by atoms with E-state index in [-0.39, 0.29) is 16.8 Å². The third-order valence-corrected chi connectivity index (χ3v) is 9.12. The smallest absolute Gasteiger partial charge is 0.419 e. The summed E-state index contributed by atoms with van der Waals surface area (Å²) in [5, 5.41) is 2.75. The van der Waals surface area contributed by atoms with Crippen LogP contribution in [-0.4, -0.2) is 47.9 Å². The third-order valence-electron chi connectivity index (χ3n) is 8.16. The maximum absolute atomic E-state index is 13.4. The van der Waals surface area contributed by atoms with E-state index in [1.54, 1.807) is 36.1 Å². The largest absolute Gasteiger partial charge is 0.496 e. The molecule has 234 valence electrons. The molecule has 4 aromatic rings. The molecule has 2 aromatic carbocycles. The SMILES string of the molecule is COC(=O)c1ccc([C@@H]2CC(c3csc(C(F)F)c3)CCN2Cc2c(OC)cc(C)c3c2ccn3C(=O)OC(C)(C)C)cc1. The Morgan fingerprint density at radius 2 is 1.80 bits per heavy atom. The van der Waals surface area contributed by atoms with Crippen LogP contribution >= 0.6 is 11.3 Å². The molecule has 1 unspecified atom stereocenters. The lowest BCUT2D eigenvalue weighted by Crippen LogP contribution is -2.36. The Labute approximate surface area is 260 Å². The minimum atomic E-state index is -2.49. The lowest BCUT2D eigenvalue weighted by molar-refractivity contribution is 0.0542. The van der Waals surface area contributed by atoms with Crippen molar-refractivity contribution in [1.82, 2.24) is 9.47 Å². The van der Waals surface area contributed by atoms with Gasteiger partial charge in [-0.3, -0.25) is 9.47 Å². The number of esters is 1. The Bertz CT molecular complexity index is 1650. The van der Waals surface area contributed by atoms with E-state index in [2.05, 4.69) is 4.90 Å². The second kappa shape index (κ2) is 12.7. The van der Waals surface area contributed by atoms with Gasteiger partial charge >= 0.3 is 12.1 Å². The van der Waals surface area contributed by atoms with Gasteiger partial charge in [0.2, 0.25) is 0 Å². The van der Waals surface area contributed by atoms with E-state index >= 15 is 0 Å². The van der Waals surface area contributed by atoms with E-state index in [4.69, 9.17) is 14.2 Å². The summed E-state index contributed by atoms with van der Waals surface area (Å²) in [4.78, 5) is 27.7. The highest BCUT2D eigenvalue weighted by molar-refractivity contribution is 7.10. The van der Waals surface area contributed by atoms with Crippen LogP contribution in [0.2, 0.25) is 0 Å². The van der Waals surface area contributed by atoms with Crippen LogP contribution in [0.5, 0.6) is 5.75 Å². The molecule has 1 saturated heterocycles. The molecule has 1 aliphatic heterocycles. The predicted octanol–water partition coefficient (Wildman–Crippen LogP) is 8.65. The first-order valence-electron chi connectivity index (χ1n) is 14.6. The minimum absolute atomic E-state index is 0.0654. The molecular weight excluding hydrogens is 586 g/mol. The van der Waals surface area contributed by atoms with E-state index in [1.165, 1.54) is 7.11 Å². The highest BCUT2D eigenvalue weighted by atomic mass is 32.1. The summed E-state index contributed by atoms with van der Waals surface area (Å²) >= 11 is 1.10. The van der Waals surface area contributed by atoms with Crippen molar-refractivity contribution < 1.29 is 32.6 Å². The molecule has 0 saturated carbocycles. The normalized spacial score (nSPS) is 17.7. The van der Waals surface area contributed by atoms with Gasteiger partial charge in [-0.15, -0.1) is 11.3 Å². The first-order chi connectivity index (χ1) is 20.9. The van der Waals surface area contributed by atoms with Crippen LogP contribution in [0.15, 0.2) is 54.0 Å². The van der Waals surface area contributed by atoms with Gasteiger partial charge in [-0.1, -0.05) is 12.1 Å². The molecule has 0 amide bonds. The average molecular weight is 625 g/mol. The van der Waals surface area contributed by atoms with Gasteiger partial charge in [-0.2, -0.15) is 0 Å². The average Bonchev–Trinajstić information content (AvgIpc) is 3.66. The number of piperidine rings is 1. The zero-order valence-electron chi connectivity index (χ0n) is 25.9. The van der Waals surface area contributed by atoms with Gasteiger partial charge in [-0.05, 0) is 105 Å². The molecule has 1 aliphatic rings. The van der Waals surface area contributed by atoms with Gasteiger partial charge in [0, 0.05) is 29.7 Å². The number of methoxy groups -OCH3 is 2. The van der Waals surface area contributed by atoms with Crippen LogP contribution in [0.3, 0.4) is 0 Å². The quantitative estimate of drug-likeness (QED) is 0.192. The summed E-state index contributed by atoms with van der Waals surface area (Å²) in [5.41, 5.74) is 4.36. The zero-order chi connectivity index (χ0) is 31.8. The van der Waals surface area contributed by atoms with Crippen molar-refractivity contribution in [3.8, 4) is 5.75 Å². The Balaban J connectivity index is 1.53. The van der Waals surface area contributed by atoms with E-state index in [0.29, 0.717) is 25.1 Å². The van der Waals surface area contributed by atoms with E-state index in [9.17, 15) is 18.4 Å². The van der Waals surface area contributed by atoms with Crippen molar-refractivity contribution in [2.24, 2.45) is 0 Å². The van der Waals surface area contributed by atoms with Gasteiger partial charge < -0.3 is 14.2 Å². The van der Waals surface area contributed by atoms with Gasteiger partial charge in [0.1, 0.15) is 11.4 Å². The maximum atomic E-state index is 13.4. The van der Waals surface area contributed by atoms with Crippen molar-refractivity contribution in [3.05, 3.63) is 86.7 Å². The van der Waals surface area contributed by atoms with Crippen LogP contribution in [-0.2, 0) is 16.0 Å². The predicted molar refractivity (Wildman–Crippen MR) is 167 cm³/mol. The molecule has 0 radical (unpaired) electrons. The number of benzene rings is 2. The van der Waals surface area contributed by atoms with Crippen LogP contribution in [0, 0.1) is 6.92 Å². The molecule has 2 aromatic heterocycles. The number of aromatic nitrogens is 1. The number of aryl methyl sites for hydroxylation is 1. The Morgan fingerprint density at radius 1 is 1.07 bits per heavy atom. The fraction of sp³-hybridized carbons (Fsp3) is 0.412. The number of hydrogen-bond donors (Lipinski definition) is 0. The number of halogens is 2. The molecule has 0 aliphatic carbocycles. The molecule has 1 fully saturated rings. The molecule has 7 nitrogen and oxygen atoms in total. The molecule has 5 rings (SSSR count). The second-order valence-electron chi connectivity index (χ2n) is 12.2. The molecule has 44 heavy (non-hydrogen) atoms. The summed E-state index contributed by atoms with van der Waals surface area (Å²) in [5.74, 6) is 0.417. The number of hydrogen-bond acceptors (Lipinski definition) is 7. The minimum Gasteiger partial charge on any atom is -0.496 e. The molecule has 10 heteroatoms. The van der Waals surface area contributed by atoms with Crippen LogP contribution in [0.4, 0.5) is 13.6 Å². The maximum Gasteiger partial charge on any atom is 0.419 e. The summed E-state index contributed by atoms with van der Waals surface area (Å²) in [6.07, 6.45) is 0.315. The van der Waals surface area contributed by atoms with Crippen LogP contribution < -0.4 is 4.74 Å². The van der Waals surface area contributed by atoms with E-state index in [0.717, 1.165) is 56.7 Å². The van der Waals surface area contributed by atoms with Gasteiger partial charge in [0.05, 0.1) is 30.2 Å². The van der Waals surface area contributed by atoms with Crippen molar-refractivity contribution in [2.45, 2.75) is 71.1 Å². The Hall–Kier alpha value is -3.76. The lowest BCUT2D eigenvalue weighted by atomic mass is 9.83. The number of carbonyl (C=O) groups is 2. The summed E-state index contributed by atoms with van der Waals surface area (Å²) in [6.45, 7) is 8.69. The monoisotopic (exact) mass is 624 g/mol. The number of alkyl halides is 2. The fourth-order valence-electron chi connectivity index (χ4n) is 6.08. The molecule has 0 N–H and O–H groups in total. The zero-order valence-corrected chi connectivity index (χ0v) is 26.7. The molecule has 0 spiro atoms. The van der Waals surface area contributed by atoms with Crippen molar-refractivity contribution in [2.75, 3.05) is 20.8 Å². The van der Waals surface area contributed by atoms with Crippen LogP contribution in [0.1, 0.15) is 89.5 Å². The topological polar surface area (TPSA) is 70.0 Å². The standard InChI is InChI=1S/C34H38F2N2O5S/c1-20-15-28(41-5)26(25-12-14-38(30(20)25)33(40)43-34(2,3)4)18-37-13-11-23(24-17-29(31(35)36)44-19-24)16-27(37)21-7-9-22(10-8-21)32(39)42-6/h7-10,12,14-15,17,19,23,27,31H,11,13,16,18H2,1-6H3/t23?,27-/m0/s1. The highest BCUT2D eigenvalue weighted by Crippen LogP contribution is 2.44. The number of rotatable bonds is 7. The third kappa shape index (κ3) is 6.51. The van der Waals surface area contributed by atoms with Crippen molar-refractivity contribution >= 4 is 34.3 Å². The van der Waals surface area contributed by atoms with E-state index < -0.39 is 24.1 Å². The number of carbonyl (C=O) groups excluding carboxylic acids is 2. The molecule has 2 atom stereocenters. The fourth-order valence-corrected chi connectivity index (χ4v) is 6.92. The van der Waals surface area contributed by atoms with Crippen molar-refractivity contribution in [3.63, 3.8) is 0 Å². The number of nitrogens with zero attached hydrogens (tertiary/aromatic N) is 2. The summed E-state index contributed by atoms with van der Waals surface area (Å²) in [7, 11) is 2.99. The van der Waals surface area contributed by atoms with Gasteiger partial charge in [-0.25, -0.2) is 18.4 Å². The van der Waals surface area contributed by atoms with Crippen molar-refractivity contribution in [1.29, 1.82) is 0 Å². The lowest BCUT2D eigenvalue weighted by Gasteiger charge is -2.40. The summed E-state index contributed by atoms with van der Waals surface area (Å²) < 4.78 is 44.8. The number of thiophene rings is 1. The van der Waals surface area contributed by atoms with E-state index in [1.807, 2.05) is 57.3 Å². The molecule has 0 bridgehead atoms. The highest BCUT2D eigenvalue weighted by Gasteiger charge is 2.33. The Morgan fingerprint density at radius 3 is 2.41 bits per heavy atom. The molecular formula is C34H38F2N2O5S.